The third-order valence-electron chi connectivity index (χ3n) is 3.15. The van der Waals surface area contributed by atoms with Gasteiger partial charge in [-0.1, -0.05) is 13.3 Å². The van der Waals surface area contributed by atoms with Gasteiger partial charge in [-0.15, -0.1) is 0 Å². The highest BCUT2D eigenvalue weighted by molar-refractivity contribution is 5.68. The van der Waals surface area contributed by atoms with Crippen LogP contribution in [0.25, 0.3) is 0 Å². The first kappa shape index (κ1) is 11.7. The zero-order valence-electron chi connectivity index (χ0n) is 9.78. The maximum atomic E-state index is 11.8. The van der Waals surface area contributed by atoms with Crippen molar-refractivity contribution in [1.29, 1.82) is 0 Å². The second kappa shape index (κ2) is 5.50. The molecule has 1 N–H and O–H groups in total. The molecule has 16 heavy (non-hydrogen) atoms. The Morgan fingerprint density at radius 1 is 1.56 bits per heavy atom. The molecule has 2 unspecified atom stereocenters. The number of nitrogens with zero attached hydrogens (tertiary/aromatic N) is 1. The molecule has 2 fully saturated rings. The molecule has 2 rings (SSSR count). The normalized spacial score (nSPS) is 28.9. The summed E-state index contributed by atoms with van der Waals surface area (Å²) in [5.41, 5.74) is 0. The number of amides is 1. The summed E-state index contributed by atoms with van der Waals surface area (Å²) in [5, 5.41) is 3.24. The second-order valence-corrected chi connectivity index (χ2v) is 4.30. The number of hydrogen-bond donors (Lipinski definition) is 1. The molecule has 0 aromatic heterocycles. The van der Waals surface area contributed by atoms with Gasteiger partial charge in [0.15, 0.2) is 0 Å². The number of unbranched alkanes of at least 4 members (excludes halogenated alkanes) is 1. The molecule has 5 nitrogen and oxygen atoms in total. The van der Waals surface area contributed by atoms with Gasteiger partial charge in [-0.2, -0.15) is 0 Å². The van der Waals surface area contributed by atoms with Crippen molar-refractivity contribution >= 4 is 6.09 Å². The number of fused-ring (bicyclic) bond motifs is 1. The lowest BCUT2D eigenvalue weighted by atomic mass is 10.1. The average molecular weight is 228 g/mol. The fourth-order valence-electron chi connectivity index (χ4n) is 2.20. The molecule has 0 saturated carbocycles. The number of carbonyl (C=O) groups excluding carboxylic acids is 1. The molecule has 0 radical (unpaired) electrons. The van der Waals surface area contributed by atoms with Gasteiger partial charge in [0.05, 0.1) is 25.4 Å². The quantitative estimate of drug-likeness (QED) is 0.719. The van der Waals surface area contributed by atoms with E-state index in [1.807, 2.05) is 4.90 Å². The molecule has 92 valence electrons. The fourth-order valence-corrected chi connectivity index (χ4v) is 2.20. The van der Waals surface area contributed by atoms with Crippen molar-refractivity contribution in [3.05, 3.63) is 0 Å². The van der Waals surface area contributed by atoms with Gasteiger partial charge in [0, 0.05) is 19.6 Å². The van der Waals surface area contributed by atoms with Crippen LogP contribution in [-0.4, -0.2) is 56.0 Å². The van der Waals surface area contributed by atoms with Gasteiger partial charge in [0.1, 0.15) is 0 Å². The second-order valence-electron chi connectivity index (χ2n) is 4.30. The van der Waals surface area contributed by atoms with Crippen molar-refractivity contribution in [2.75, 3.05) is 32.8 Å². The van der Waals surface area contributed by atoms with Crippen LogP contribution < -0.4 is 5.32 Å². The Hall–Kier alpha value is -0.810. The van der Waals surface area contributed by atoms with Crippen LogP contribution in [0.15, 0.2) is 0 Å². The standard InChI is InChI=1S/C11H20N2O3/c1-2-3-5-16-11(14)13-4-6-15-10-8-12-7-9(10)13/h9-10,12H,2-8H2,1H3. The van der Waals surface area contributed by atoms with Crippen LogP contribution in [0.4, 0.5) is 4.79 Å². The molecule has 5 heteroatoms. The smallest absolute Gasteiger partial charge is 0.410 e. The maximum Gasteiger partial charge on any atom is 0.410 e. The third kappa shape index (κ3) is 2.47. The summed E-state index contributed by atoms with van der Waals surface area (Å²) in [6, 6.07) is 0.155. The van der Waals surface area contributed by atoms with Crippen LogP contribution >= 0.6 is 0 Å². The van der Waals surface area contributed by atoms with Crippen LogP contribution in [0.2, 0.25) is 0 Å². The number of nitrogens with one attached hydrogen (secondary N) is 1. The maximum absolute atomic E-state index is 11.8. The van der Waals surface area contributed by atoms with E-state index in [0.29, 0.717) is 19.8 Å². The van der Waals surface area contributed by atoms with Gasteiger partial charge < -0.3 is 14.8 Å². The van der Waals surface area contributed by atoms with E-state index < -0.39 is 0 Å². The van der Waals surface area contributed by atoms with E-state index in [-0.39, 0.29) is 18.2 Å². The fraction of sp³-hybridized carbons (Fsp3) is 0.909. The lowest BCUT2D eigenvalue weighted by Gasteiger charge is -2.36. The van der Waals surface area contributed by atoms with Crippen molar-refractivity contribution in [2.45, 2.75) is 31.9 Å². The topological polar surface area (TPSA) is 50.8 Å². The summed E-state index contributed by atoms with van der Waals surface area (Å²) < 4.78 is 10.8. The van der Waals surface area contributed by atoms with E-state index in [4.69, 9.17) is 9.47 Å². The number of rotatable bonds is 3. The molecule has 0 spiro atoms. The van der Waals surface area contributed by atoms with E-state index in [9.17, 15) is 4.79 Å². The zero-order valence-corrected chi connectivity index (χ0v) is 9.78. The predicted octanol–water partition coefficient (Wildman–Crippen LogP) is 0.596. The Morgan fingerprint density at radius 3 is 3.25 bits per heavy atom. The molecular weight excluding hydrogens is 208 g/mol. The monoisotopic (exact) mass is 228 g/mol. The van der Waals surface area contributed by atoms with Crippen molar-refractivity contribution < 1.29 is 14.3 Å². The number of ether oxygens (including phenoxy) is 2. The first-order chi connectivity index (χ1) is 7.83. The highest BCUT2D eigenvalue weighted by atomic mass is 16.6. The van der Waals surface area contributed by atoms with Crippen LogP contribution in [0.1, 0.15) is 19.8 Å². The molecular formula is C11H20N2O3. The molecule has 0 aromatic rings. The first-order valence-electron chi connectivity index (χ1n) is 6.08. The molecule has 2 aliphatic rings. The van der Waals surface area contributed by atoms with Gasteiger partial charge in [0.2, 0.25) is 0 Å². The summed E-state index contributed by atoms with van der Waals surface area (Å²) >= 11 is 0. The summed E-state index contributed by atoms with van der Waals surface area (Å²) in [4.78, 5) is 13.6. The molecule has 0 bridgehead atoms. The summed E-state index contributed by atoms with van der Waals surface area (Å²) in [7, 11) is 0. The van der Waals surface area contributed by atoms with E-state index in [1.165, 1.54) is 0 Å². The van der Waals surface area contributed by atoms with Crippen molar-refractivity contribution in [1.82, 2.24) is 10.2 Å². The summed E-state index contributed by atoms with van der Waals surface area (Å²) in [6.07, 6.45) is 1.94. The summed E-state index contributed by atoms with van der Waals surface area (Å²) in [6.45, 7) is 5.52. The minimum Gasteiger partial charge on any atom is -0.449 e. The molecule has 2 heterocycles. The number of hydrogen-bond acceptors (Lipinski definition) is 4. The molecule has 2 saturated heterocycles. The molecule has 1 amide bonds. The largest absolute Gasteiger partial charge is 0.449 e. The molecule has 2 aliphatic heterocycles. The van der Waals surface area contributed by atoms with Gasteiger partial charge >= 0.3 is 6.09 Å². The van der Waals surface area contributed by atoms with E-state index in [1.54, 1.807) is 0 Å². The Morgan fingerprint density at radius 2 is 2.44 bits per heavy atom. The molecule has 0 aromatic carbocycles. The average Bonchev–Trinajstić information content (AvgIpc) is 2.76. The minimum atomic E-state index is -0.185. The Kier molecular flexibility index (Phi) is 4.01. The van der Waals surface area contributed by atoms with Crippen molar-refractivity contribution in [3.63, 3.8) is 0 Å². The Labute approximate surface area is 96.1 Å². The number of morpholine rings is 1. The molecule has 2 atom stereocenters. The third-order valence-corrected chi connectivity index (χ3v) is 3.15. The van der Waals surface area contributed by atoms with Gasteiger partial charge in [-0.25, -0.2) is 4.79 Å². The predicted molar refractivity (Wildman–Crippen MR) is 59.4 cm³/mol. The first-order valence-corrected chi connectivity index (χ1v) is 6.08. The van der Waals surface area contributed by atoms with E-state index in [0.717, 1.165) is 25.9 Å². The lowest BCUT2D eigenvalue weighted by Crippen LogP contribution is -2.53. The highest BCUT2D eigenvalue weighted by Crippen LogP contribution is 2.18. The summed E-state index contributed by atoms with van der Waals surface area (Å²) in [5.74, 6) is 0. The van der Waals surface area contributed by atoms with Crippen LogP contribution in [0, 0.1) is 0 Å². The van der Waals surface area contributed by atoms with E-state index >= 15 is 0 Å². The van der Waals surface area contributed by atoms with Gasteiger partial charge in [-0.3, -0.25) is 4.90 Å². The van der Waals surface area contributed by atoms with Crippen LogP contribution in [0.3, 0.4) is 0 Å². The van der Waals surface area contributed by atoms with Crippen LogP contribution in [-0.2, 0) is 9.47 Å². The van der Waals surface area contributed by atoms with Gasteiger partial charge in [0.25, 0.3) is 0 Å². The molecule has 0 aliphatic carbocycles. The Balaban J connectivity index is 1.84. The van der Waals surface area contributed by atoms with Crippen molar-refractivity contribution in [2.24, 2.45) is 0 Å². The Bertz CT molecular complexity index is 247. The highest BCUT2D eigenvalue weighted by Gasteiger charge is 2.39. The van der Waals surface area contributed by atoms with Crippen LogP contribution in [0.5, 0.6) is 0 Å². The van der Waals surface area contributed by atoms with Gasteiger partial charge in [-0.05, 0) is 6.42 Å². The number of carbonyl (C=O) groups is 1. The SMILES string of the molecule is CCCCOC(=O)N1CCOC2CNCC21. The zero-order chi connectivity index (χ0) is 11.4. The minimum absolute atomic E-state index is 0.146. The lowest BCUT2D eigenvalue weighted by molar-refractivity contribution is -0.0432. The van der Waals surface area contributed by atoms with Crippen molar-refractivity contribution in [3.8, 4) is 0 Å². The van der Waals surface area contributed by atoms with E-state index in [2.05, 4.69) is 12.2 Å².